The summed E-state index contributed by atoms with van der Waals surface area (Å²) in [6, 6.07) is 0. The van der Waals surface area contributed by atoms with Gasteiger partial charge < -0.3 is 4.90 Å². The van der Waals surface area contributed by atoms with E-state index in [-0.39, 0.29) is 18.9 Å². The third kappa shape index (κ3) is 5.39. The summed E-state index contributed by atoms with van der Waals surface area (Å²) in [5.41, 5.74) is 0. The largest absolute Gasteiger partial charge is 0.401 e. The molecular formula is C11H19F3N2O. The van der Waals surface area contributed by atoms with Crippen LogP contribution >= 0.6 is 0 Å². The Morgan fingerprint density at radius 1 is 1.29 bits per heavy atom. The van der Waals surface area contributed by atoms with Gasteiger partial charge in [-0.1, -0.05) is 6.92 Å². The predicted octanol–water partition coefficient (Wildman–Crippen LogP) is 1.88. The molecule has 0 saturated carbocycles. The van der Waals surface area contributed by atoms with Crippen LogP contribution in [0, 0.1) is 0 Å². The van der Waals surface area contributed by atoms with E-state index in [2.05, 4.69) is 0 Å². The Morgan fingerprint density at radius 2 is 1.88 bits per heavy atom. The quantitative estimate of drug-likeness (QED) is 0.746. The van der Waals surface area contributed by atoms with Crippen molar-refractivity contribution in [2.24, 2.45) is 0 Å². The molecule has 1 aliphatic rings. The predicted molar refractivity (Wildman–Crippen MR) is 58.6 cm³/mol. The zero-order chi connectivity index (χ0) is 12.9. The van der Waals surface area contributed by atoms with Crippen molar-refractivity contribution >= 4 is 5.91 Å². The lowest BCUT2D eigenvalue weighted by molar-refractivity contribution is -0.147. The molecule has 100 valence electrons. The SMILES string of the molecule is CCN(CCC(=O)N1CCCC1)CC(F)(F)F. The zero-order valence-corrected chi connectivity index (χ0v) is 10.1. The number of nitrogens with zero attached hydrogens (tertiary/aromatic N) is 2. The van der Waals surface area contributed by atoms with Gasteiger partial charge in [-0.25, -0.2) is 0 Å². The highest BCUT2D eigenvalue weighted by Crippen LogP contribution is 2.16. The van der Waals surface area contributed by atoms with Crippen LogP contribution in [0.25, 0.3) is 0 Å². The van der Waals surface area contributed by atoms with E-state index < -0.39 is 12.7 Å². The van der Waals surface area contributed by atoms with Crippen molar-refractivity contribution < 1.29 is 18.0 Å². The number of hydrogen-bond acceptors (Lipinski definition) is 2. The first kappa shape index (κ1) is 14.3. The Kier molecular flexibility index (Phi) is 5.24. The second kappa shape index (κ2) is 6.23. The Bertz CT molecular complexity index is 250. The fourth-order valence-corrected chi connectivity index (χ4v) is 1.98. The van der Waals surface area contributed by atoms with E-state index >= 15 is 0 Å². The van der Waals surface area contributed by atoms with Crippen LogP contribution in [0.2, 0.25) is 0 Å². The average Bonchev–Trinajstić information content (AvgIpc) is 2.75. The number of amides is 1. The van der Waals surface area contributed by atoms with Crippen LogP contribution < -0.4 is 0 Å². The van der Waals surface area contributed by atoms with E-state index in [4.69, 9.17) is 0 Å². The molecule has 0 radical (unpaired) electrons. The summed E-state index contributed by atoms with van der Waals surface area (Å²) in [6.45, 7) is 2.75. The van der Waals surface area contributed by atoms with Gasteiger partial charge in [-0.3, -0.25) is 9.69 Å². The van der Waals surface area contributed by atoms with E-state index in [9.17, 15) is 18.0 Å². The highest BCUT2D eigenvalue weighted by atomic mass is 19.4. The first-order valence-corrected chi connectivity index (χ1v) is 5.99. The van der Waals surface area contributed by atoms with E-state index in [1.807, 2.05) is 0 Å². The van der Waals surface area contributed by atoms with Gasteiger partial charge in [0.05, 0.1) is 6.54 Å². The molecule has 1 aliphatic heterocycles. The summed E-state index contributed by atoms with van der Waals surface area (Å²) in [5.74, 6) is -0.0249. The fourth-order valence-electron chi connectivity index (χ4n) is 1.98. The van der Waals surface area contributed by atoms with Crippen LogP contribution in [0.3, 0.4) is 0 Å². The van der Waals surface area contributed by atoms with Crippen molar-refractivity contribution in [3.8, 4) is 0 Å². The summed E-state index contributed by atoms with van der Waals surface area (Å²) >= 11 is 0. The molecule has 0 aromatic heterocycles. The van der Waals surface area contributed by atoms with E-state index in [0.717, 1.165) is 25.9 Å². The van der Waals surface area contributed by atoms with E-state index in [1.54, 1.807) is 11.8 Å². The van der Waals surface area contributed by atoms with Crippen LogP contribution in [-0.4, -0.2) is 54.6 Å². The summed E-state index contributed by atoms with van der Waals surface area (Å²) in [4.78, 5) is 14.6. The van der Waals surface area contributed by atoms with E-state index in [0.29, 0.717) is 6.54 Å². The fraction of sp³-hybridized carbons (Fsp3) is 0.909. The molecule has 0 bridgehead atoms. The molecular weight excluding hydrogens is 233 g/mol. The number of halogens is 3. The molecule has 6 heteroatoms. The molecule has 1 rings (SSSR count). The Balaban J connectivity index is 2.29. The molecule has 0 spiro atoms. The minimum Gasteiger partial charge on any atom is -0.343 e. The third-order valence-corrected chi connectivity index (χ3v) is 2.95. The van der Waals surface area contributed by atoms with Gasteiger partial charge in [-0.15, -0.1) is 0 Å². The van der Waals surface area contributed by atoms with Crippen molar-refractivity contribution in [1.29, 1.82) is 0 Å². The number of rotatable bonds is 5. The maximum absolute atomic E-state index is 12.2. The minimum absolute atomic E-state index is 0.0249. The molecule has 1 heterocycles. The van der Waals surface area contributed by atoms with Crippen LogP contribution in [0.4, 0.5) is 13.2 Å². The normalized spacial score (nSPS) is 16.9. The highest BCUT2D eigenvalue weighted by molar-refractivity contribution is 5.76. The summed E-state index contributed by atoms with van der Waals surface area (Å²) in [5, 5.41) is 0. The smallest absolute Gasteiger partial charge is 0.343 e. The lowest BCUT2D eigenvalue weighted by atomic mass is 10.3. The second-order valence-corrected chi connectivity index (χ2v) is 4.32. The van der Waals surface area contributed by atoms with Crippen LogP contribution in [-0.2, 0) is 4.79 Å². The lowest BCUT2D eigenvalue weighted by Gasteiger charge is -2.23. The summed E-state index contributed by atoms with van der Waals surface area (Å²) in [6.07, 6.45) is -1.99. The molecule has 0 unspecified atom stereocenters. The van der Waals surface area contributed by atoms with Gasteiger partial charge in [-0.05, 0) is 19.4 Å². The number of hydrogen-bond donors (Lipinski definition) is 0. The van der Waals surface area contributed by atoms with Gasteiger partial charge in [0.2, 0.25) is 5.91 Å². The first-order valence-electron chi connectivity index (χ1n) is 5.99. The maximum atomic E-state index is 12.2. The van der Waals surface area contributed by atoms with Crippen molar-refractivity contribution in [3.05, 3.63) is 0 Å². The highest BCUT2D eigenvalue weighted by Gasteiger charge is 2.30. The molecule has 1 fully saturated rings. The summed E-state index contributed by atoms with van der Waals surface area (Å²) < 4.78 is 36.5. The molecule has 0 N–H and O–H groups in total. The van der Waals surface area contributed by atoms with Crippen molar-refractivity contribution in [1.82, 2.24) is 9.80 Å². The number of likely N-dealkylation sites (tertiary alicyclic amines) is 1. The molecule has 17 heavy (non-hydrogen) atoms. The standard InChI is InChI=1S/C11H19F3N2O/c1-2-15(9-11(12,13)14)8-5-10(17)16-6-3-4-7-16/h2-9H2,1H3. The monoisotopic (exact) mass is 252 g/mol. The molecule has 0 aliphatic carbocycles. The third-order valence-electron chi connectivity index (χ3n) is 2.95. The van der Waals surface area contributed by atoms with Gasteiger partial charge in [0, 0.05) is 26.1 Å². The van der Waals surface area contributed by atoms with Gasteiger partial charge in [0.1, 0.15) is 0 Å². The number of carbonyl (C=O) groups is 1. The van der Waals surface area contributed by atoms with Crippen LogP contribution in [0.1, 0.15) is 26.2 Å². The molecule has 3 nitrogen and oxygen atoms in total. The van der Waals surface area contributed by atoms with Gasteiger partial charge in [0.25, 0.3) is 0 Å². The maximum Gasteiger partial charge on any atom is 0.401 e. The lowest BCUT2D eigenvalue weighted by Crippen LogP contribution is -2.37. The van der Waals surface area contributed by atoms with Gasteiger partial charge >= 0.3 is 6.18 Å². The Hall–Kier alpha value is -0.780. The Morgan fingerprint density at radius 3 is 2.35 bits per heavy atom. The molecule has 1 amide bonds. The van der Waals surface area contributed by atoms with E-state index in [1.165, 1.54) is 4.90 Å². The molecule has 0 aromatic carbocycles. The van der Waals surface area contributed by atoms with Crippen LogP contribution in [0.5, 0.6) is 0 Å². The molecule has 0 atom stereocenters. The van der Waals surface area contributed by atoms with Gasteiger partial charge in [-0.2, -0.15) is 13.2 Å². The second-order valence-electron chi connectivity index (χ2n) is 4.32. The average molecular weight is 252 g/mol. The zero-order valence-electron chi connectivity index (χ0n) is 10.1. The van der Waals surface area contributed by atoms with Crippen LogP contribution in [0.15, 0.2) is 0 Å². The number of carbonyl (C=O) groups excluding carboxylic acids is 1. The topological polar surface area (TPSA) is 23.6 Å². The number of alkyl halides is 3. The van der Waals surface area contributed by atoms with Gasteiger partial charge in [0.15, 0.2) is 0 Å². The Labute approximate surface area is 99.6 Å². The first-order chi connectivity index (χ1) is 7.92. The molecule has 1 saturated heterocycles. The summed E-state index contributed by atoms with van der Waals surface area (Å²) in [7, 11) is 0. The van der Waals surface area contributed by atoms with Crippen molar-refractivity contribution in [2.45, 2.75) is 32.4 Å². The molecule has 0 aromatic rings. The minimum atomic E-state index is -4.19. The van der Waals surface area contributed by atoms with Crippen molar-refractivity contribution in [3.63, 3.8) is 0 Å². The van der Waals surface area contributed by atoms with Crippen molar-refractivity contribution in [2.75, 3.05) is 32.7 Å².